The Morgan fingerprint density at radius 2 is 2.11 bits per heavy atom. The van der Waals surface area contributed by atoms with Gasteiger partial charge in [-0.2, -0.15) is 0 Å². The Kier molecular flexibility index (Phi) is 5.01. The fourth-order valence-electron chi connectivity index (χ4n) is 1.96. The van der Waals surface area contributed by atoms with Crippen LogP contribution in [0.1, 0.15) is 26.7 Å². The average molecular weight is 251 g/mol. The van der Waals surface area contributed by atoms with Crippen LogP contribution >= 0.6 is 0 Å². The largest absolute Gasteiger partial charge is 0.497 e. The summed E-state index contributed by atoms with van der Waals surface area (Å²) in [5.41, 5.74) is 0.131. The molecule has 4 heteroatoms. The molecular formula is C14H21NO3. The van der Waals surface area contributed by atoms with Crippen LogP contribution in [0.2, 0.25) is 0 Å². The molecule has 18 heavy (non-hydrogen) atoms. The lowest BCUT2D eigenvalue weighted by Crippen LogP contribution is -2.44. The Balaban J connectivity index is 2.92. The van der Waals surface area contributed by atoms with E-state index < -0.39 is 5.54 Å². The number of esters is 1. The van der Waals surface area contributed by atoms with Crippen molar-refractivity contribution in [3.05, 3.63) is 24.3 Å². The van der Waals surface area contributed by atoms with E-state index in [2.05, 4.69) is 5.32 Å². The zero-order valence-corrected chi connectivity index (χ0v) is 11.4. The van der Waals surface area contributed by atoms with E-state index in [1.54, 1.807) is 7.11 Å². The summed E-state index contributed by atoms with van der Waals surface area (Å²) in [4.78, 5) is 11.9. The van der Waals surface area contributed by atoms with Gasteiger partial charge in [0.25, 0.3) is 0 Å². The van der Waals surface area contributed by atoms with E-state index in [0.29, 0.717) is 6.42 Å². The molecule has 0 bridgehead atoms. The van der Waals surface area contributed by atoms with Crippen molar-refractivity contribution in [3.63, 3.8) is 0 Å². The molecule has 0 aliphatic rings. The van der Waals surface area contributed by atoms with Crippen molar-refractivity contribution in [3.8, 4) is 5.75 Å². The van der Waals surface area contributed by atoms with Gasteiger partial charge in [-0.05, 0) is 25.5 Å². The van der Waals surface area contributed by atoms with Crippen LogP contribution in [0.3, 0.4) is 0 Å². The van der Waals surface area contributed by atoms with E-state index in [1.165, 1.54) is 7.11 Å². The number of rotatable bonds is 6. The van der Waals surface area contributed by atoms with Gasteiger partial charge in [0.2, 0.25) is 0 Å². The smallest absolute Gasteiger partial charge is 0.331 e. The number of carbonyl (C=O) groups excluding carboxylic acids is 1. The number of anilines is 1. The molecule has 0 amide bonds. The summed E-state index contributed by atoms with van der Waals surface area (Å²) in [5, 5.41) is 3.23. The maximum absolute atomic E-state index is 11.9. The monoisotopic (exact) mass is 251 g/mol. The van der Waals surface area contributed by atoms with Crippen molar-refractivity contribution >= 4 is 11.7 Å². The molecule has 0 saturated carbocycles. The first-order valence-corrected chi connectivity index (χ1v) is 6.06. The van der Waals surface area contributed by atoms with Crippen molar-refractivity contribution in [2.45, 2.75) is 32.2 Å². The SMILES string of the molecule is CCCC(C)(Nc1cccc(OC)c1)C(=O)OC. The van der Waals surface area contributed by atoms with Crippen molar-refractivity contribution in [1.29, 1.82) is 0 Å². The highest BCUT2D eigenvalue weighted by molar-refractivity contribution is 5.84. The molecule has 1 rings (SSSR count). The summed E-state index contributed by atoms with van der Waals surface area (Å²) < 4.78 is 10.0. The number of hydrogen-bond donors (Lipinski definition) is 1. The predicted octanol–water partition coefficient (Wildman–Crippen LogP) is 2.84. The molecule has 1 atom stereocenters. The van der Waals surface area contributed by atoms with Crippen LogP contribution in [0.15, 0.2) is 24.3 Å². The van der Waals surface area contributed by atoms with Gasteiger partial charge >= 0.3 is 5.97 Å². The molecule has 0 spiro atoms. The quantitative estimate of drug-likeness (QED) is 0.790. The maximum atomic E-state index is 11.9. The summed E-state index contributed by atoms with van der Waals surface area (Å²) in [6.45, 7) is 3.89. The topological polar surface area (TPSA) is 47.6 Å². The summed E-state index contributed by atoms with van der Waals surface area (Å²) in [7, 11) is 3.02. The molecule has 0 fully saturated rings. The van der Waals surface area contributed by atoms with Crippen LogP contribution in [0.4, 0.5) is 5.69 Å². The minimum atomic E-state index is -0.712. The van der Waals surface area contributed by atoms with Gasteiger partial charge in [0.15, 0.2) is 0 Å². The fourth-order valence-corrected chi connectivity index (χ4v) is 1.96. The maximum Gasteiger partial charge on any atom is 0.331 e. The second-order valence-electron chi connectivity index (χ2n) is 4.43. The van der Waals surface area contributed by atoms with Crippen LogP contribution in [-0.4, -0.2) is 25.7 Å². The average Bonchev–Trinajstić information content (AvgIpc) is 2.38. The highest BCUT2D eigenvalue weighted by Gasteiger charge is 2.33. The van der Waals surface area contributed by atoms with E-state index in [0.717, 1.165) is 17.9 Å². The molecule has 0 aliphatic heterocycles. The number of carbonyl (C=O) groups is 1. The normalized spacial score (nSPS) is 13.6. The van der Waals surface area contributed by atoms with Gasteiger partial charge in [0.1, 0.15) is 11.3 Å². The lowest BCUT2D eigenvalue weighted by molar-refractivity contribution is -0.145. The molecule has 1 aromatic rings. The van der Waals surface area contributed by atoms with Crippen molar-refractivity contribution in [2.75, 3.05) is 19.5 Å². The zero-order chi connectivity index (χ0) is 13.6. The van der Waals surface area contributed by atoms with Gasteiger partial charge < -0.3 is 14.8 Å². The van der Waals surface area contributed by atoms with E-state index >= 15 is 0 Å². The summed E-state index contributed by atoms with van der Waals surface area (Å²) in [5.74, 6) is 0.496. The standard InChI is InChI=1S/C14H21NO3/c1-5-9-14(2,13(16)18-4)15-11-7-6-8-12(10-11)17-3/h6-8,10,15H,5,9H2,1-4H3. The Bertz CT molecular complexity index is 406. The first kappa shape index (κ1) is 14.4. The van der Waals surface area contributed by atoms with E-state index in [4.69, 9.17) is 9.47 Å². The lowest BCUT2D eigenvalue weighted by Gasteiger charge is -2.28. The van der Waals surface area contributed by atoms with Gasteiger partial charge in [0.05, 0.1) is 14.2 Å². The number of methoxy groups -OCH3 is 2. The van der Waals surface area contributed by atoms with Gasteiger partial charge in [-0.15, -0.1) is 0 Å². The van der Waals surface area contributed by atoms with Crippen molar-refractivity contribution < 1.29 is 14.3 Å². The molecular weight excluding hydrogens is 230 g/mol. The van der Waals surface area contributed by atoms with Gasteiger partial charge in [0, 0.05) is 11.8 Å². The second-order valence-corrected chi connectivity index (χ2v) is 4.43. The Morgan fingerprint density at radius 3 is 2.67 bits per heavy atom. The van der Waals surface area contributed by atoms with Crippen molar-refractivity contribution in [2.24, 2.45) is 0 Å². The van der Waals surface area contributed by atoms with E-state index in [-0.39, 0.29) is 5.97 Å². The first-order valence-electron chi connectivity index (χ1n) is 6.06. The molecule has 1 unspecified atom stereocenters. The Morgan fingerprint density at radius 1 is 1.39 bits per heavy atom. The molecule has 0 radical (unpaired) electrons. The Labute approximate surface area is 108 Å². The molecule has 1 aromatic carbocycles. The number of nitrogens with one attached hydrogen (secondary N) is 1. The van der Waals surface area contributed by atoms with E-state index in [9.17, 15) is 4.79 Å². The minimum absolute atomic E-state index is 0.257. The van der Waals surface area contributed by atoms with Crippen LogP contribution in [0.5, 0.6) is 5.75 Å². The van der Waals surface area contributed by atoms with Crippen LogP contribution in [0.25, 0.3) is 0 Å². The number of benzene rings is 1. The van der Waals surface area contributed by atoms with Crippen molar-refractivity contribution in [1.82, 2.24) is 0 Å². The lowest BCUT2D eigenvalue weighted by atomic mass is 9.95. The van der Waals surface area contributed by atoms with Crippen LogP contribution in [-0.2, 0) is 9.53 Å². The highest BCUT2D eigenvalue weighted by atomic mass is 16.5. The number of hydrogen-bond acceptors (Lipinski definition) is 4. The summed E-state index contributed by atoms with van der Waals surface area (Å²) >= 11 is 0. The molecule has 0 heterocycles. The van der Waals surface area contributed by atoms with Crippen LogP contribution in [0, 0.1) is 0 Å². The van der Waals surface area contributed by atoms with Gasteiger partial charge in [-0.3, -0.25) is 0 Å². The predicted molar refractivity (Wildman–Crippen MR) is 71.9 cm³/mol. The first-order chi connectivity index (χ1) is 8.55. The molecule has 100 valence electrons. The Hall–Kier alpha value is -1.71. The second kappa shape index (κ2) is 6.28. The molecule has 0 aromatic heterocycles. The van der Waals surface area contributed by atoms with E-state index in [1.807, 2.05) is 38.1 Å². The molecule has 4 nitrogen and oxygen atoms in total. The van der Waals surface area contributed by atoms with Gasteiger partial charge in [-0.1, -0.05) is 19.4 Å². The number of ether oxygens (including phenoxy) is 2. The third-order valence-electron chi connectivity index (χ3n) is 2.88. The fraction of sp³-hybridized carbons (Fsp3) is 0.500. The third kappa shape index (κ3) is 3.39. The summed E-state index contributed by atoms with van der Waals surface area (Å²) in [6.07, 6.45) is 1.60. The minimum Gasteiger partial charge on any atom is -0.497 e. The molecule has 0 saturated heterocycles. The highest BCUT2D eigenvalue weighted by Crippen LogP contribution is 2.24. The molecule has 1 N–H and O–H groups in total. The van der Waals surface area contributed by atoms with Gasteiger partial charge in [-0.25, -0.2) is 4.79 Å². The zero-order valence-electron chi connectivity index (χ0n) is 11.4. The van der Waals surface area contributed by atoms with Crippen LogP contribution < -0.4 is 10.1 Å². The third-order valence-corrected chi connectivity index (χ3v) is 2.88. The summed E-state index contributed by atoms with van der Waals surface area (Å²) in [6, 6.07) is 7.50. The molecule has 0 aliphatic carbocycles.